The SMILES string of the molecule is C=Nc1cc(Cl)sc1C(=O)NCC(C)C. The summed E-state index contributed by atoms with van der Waals surface area (Å²) >= 11 is 7.02. The predicted octanol–water partition coefficient (Wildman–Crippen LogP) is 3.12. The van der Waals surface area contributed by atoms with Crippen molar-refractivity contribution < 1.29 is 4.79 Å². The Morgan fingerprint density at radius 2 is 2.40 bits per heavy atom. The Morgan fingerprint density at radius 1 is 1.73 bits per heavy atom. The molecule has 0 saturated carbocycles. The van der Waals surface area contributed by atoms with E-state index >= 15 is 0 Å². The van der Waals surface area contributed by atoms with Crippen molar-refractivity contribution in [2.75, 3.05) is 6.54 Å². The summed E-state index contributed by atoms with van der Waals surface area (Å²) in [7, 11) is 0. The Balaban J connectivity index is 2.76. The van der Waals surface area contributed by atoms with Crippen LogP contribution < -0.4 is 5.32 Å². The Kier molecular flexibility index (Phi) is 4.29. The molecular formula is C10H13ClN2OS. The number of halogens is 1. The summed E-state index contributed by atoms with van der Waals surface area (Å²) in [5.41, 5.74) is 0.547. The van der Waals surface area contributed by atoms with Gasteiger partial charge >= 0.3 is 0 Å². The molecule has 1 heterocycles. The van der Waals surface area contributed by atoms with Crippen LogP contribution in [0.2, 0.25) is 4.34 Å². The lowest BCUT2D eigenvalue weighted by molar-refractivity contribution is 0.0954. The average Bonchev–Trinajstić information content (AvgIpc) is 2.56. The van der Waals surface area contributed by atoms with Gasteiger partial charge in [-0.2, -0.15) is 0 Å². The molecule has 1 N–H and O–H groups in total. The standard InChI is InChI=1S/C10H13ClN2OS/c1-6(2)5-13-10(14)9-7(12-3)4-8(11)15-9/h4,6H,3,5H2,1-2H3,(H,13,14). The van der Waals surface area contributed by atoms with Crippen LogP contribution in [0.1, 0.15) is 23.5 Å². The molecule has 0 aliphatic heterocycles. The number of carbonyl (C=O) groups is 1. The second kappa shape index (κ2) is 5.28. The minimum Gasteiger partial charge on any atom is -0.351 e. The van der Waals surface area contributed by atoms with Gasteiger partial charge < -0.3 is 5.32 Å². The van der Waals surface area contributed by atoms with Crippen molar-refractivity contribution in [3.63, 3.8) is 0 Å². The number of amides is 1. The summed E-state index contributed by atoms with van der Waals surface area (Å²) in [6.07, 6.45) is 0. The monoisotopic (exact) mass is 244 g/mol. The smallest absolute Gasteiger partial charge is 0.263 e. The quantitative estimate of drug-likeness (QED) is 0.813. The predicted molar refractivity (Wildman–Crippen MR) is 65.7 cm³/mol. The van der Waals surface area contributed by atoms with E-state index in [-0.39, 0.29) is 5.91 Å². The summed E-state index contributed by atoms with van der Waals surface area (Å²) in [5, 5.41) is 2.81. The van der Waals surface area contributed by atoms with Crippen LogP contribution in [0.3, 0.4) is 0 Å². The first-order valence-corrected chi connectivity index (χ1v) is 5.78. The fourth-order valence-corrected chi connectivity index (χ4v) is 2.10. The molecule has 3 nitrogen and oxygen atoms in total. The maximum Gasteiger partial charge on any atom is 0.263 e. The van der Waals surface area contributed by atoms with Gasteiger partial charge in [-0.25, -0.2) is 0 Å². The number of aliphatic imine (C=N–C) groups is 1. The first kappa shape index (κ1) is 12.2. The van der Waals surface area contributed by atoms with Crippen LogP contribution in [0.4, 0.5) is 5.69 Å². The van der Waals surface area contributed by atoms with Crippen LogP contribution >= 0.6 is 22.9 Å². The van der Waals surface area contributed by atoms with E-state index in [9.17, 15) is 4.79 Å². The maximum atomic E-state index is 11.7. The van der Waals surface area contributed by atoms with Gasteiger partial charge in [0.1, 0.15) is 4.88 Å². The first-order valence-electron chi connectivity index (χ1n) is 4.59. The van der Waals surface area contributed by atoms with Crippen LogP contribution in [-0.4, -0.2) is 19.2 Å². The summed E-state index contributed by atoms with van der Waals surface area (Å²) in [6.45, 7) is 8.12. The molecule has 1 aromatic rings. The lowest BCUT2D eigenvalue weighted by Crippen LogP contribution is -2.26. The largest absolute Gasteiger partial charge is 0.351 e. The zero-order chi connectivity index (χ0) is 11.4. The van der Waals surface area contributed by atoms with Crippen LogP contribution in [-0.2, 0) is 0 Å². The van der Waals surface area contributed by atoms with E-state index in [1.54, 1.807) is 6.07 Å². The average molecular weight is 245 g/mol. The molecule has 0 aliphatic carbocycles. The van der Waals surface area contributed by atoms with E-state index in [2.05, 4.69) is 17.0 Å². The van der Waals surface area contributed by atoms with E-state index in [4.69, 9.17) is 11.6 Å². The third kappa shape index (κ3) is 3.32. The van der Waals surface area contributed by atoms with E-state index < -0.39 is 0 Å². The molecule has 0 aliphatic rings. The molecule has 0 saturated heterocycles. The number of hydrogen-bond donors (Lipinski definition) is 1. The number of rotatable bonds is 4. The Morgan fingerprint density at radius 3 is 2.93 bits per heavy atom. The van der Waals surface area contributed by atoms with Gasteiger partial charge in [0.2, 0.25) is 0 Å². The first-order chi connectivity index (χ1) is 7.04. The minimum absolute atomic E-state index is 0.136. The van der Waals surface area contributed by atoms with Crippen molar-refractivity contribution in [3.8, 4) is 0 Å². The van der Waals surface area contributed by atoms with Gasteiger partial charge in [-0.3, -0.25) is 9.79 Å². The molecule has 1 aromatic heterocycles. The fraction of sp³-hybridized carbons (Fsp3) is 0.400. The number of nitrogens with zero attached hydrogens (tertiary/aromatic N) is 1. The van der Waals surface area contributed by atoms with Gasteiger partial charge in [-0.15, -0.1) is 11.3 Å². The molecule has 1 rings (SSSR count). The van der Waals surface area contributed by atoms with Crippen molar-refractivity contribution in [2.45, 2.75) is 13.8 Å². The van der Waals surface area contributed by atoms with Gasteiger partial charge in [0.25, 0.3) is 5.91 Å². The molecule has 15 heavy (non-hydrogen) atoms. The van der Waals surface area contributed by atoms with Gasteiger partial charge in [0, 0.05) is 6.54 Å². The molecule has 0 fully saturated rings. The zero-order valence-electron chi connectivity index (χ0n) is 8.71. The van der Waals surface area contributed by atoms with Gasteiger partial charge in [-0.05, 0) is 18.7 Å². The summed E-state index contributed by atoms with van der Waals surface area (Å²) in [4.78, 5) is 16.0. The van der Waals surface area contributed by atoms with E-state index in [1.165, 1.54) is 11.3 Å². The Labute approximate surface area is 98.2 Å². The lowest BCUT2D eigenvalue weighted by Gasteiger charge is -2.06. The second-order valence-corrected chi connectivity index (χ2v) is 5.21. The number of nitrogens with one attached hydrogen (secondary N) is 1. The topological polar surface area (TPSA) is 41.5 Å². The molecule has 5 heteroatoms. The normalized spacial score (nSPS) is 10.4. The Bertz CT molecular complexity index is 373. The van der Waals surface area contributed by atoms with Crippen LogP contribution in [0.15, 0.2) is 11.1 Å². The molecule has 82 valence electrons. The minimum atomic E-state index is -0.136. The third-order valence-electron chi connectivity index (χ3n) is 1.73. The van der Waals surface area contributed by atoms with Crippen molar-refractivity contribution in [1.29, 1.82) is 0 Å². The Hall–Kier alpha value is -0.870. The summed E-state index contributed by atoms with van der Waals surface area (Å²) < 4.78 is 0.548. The van der Waals surface area contributed by atoms with Crippen LogP contribution in [0.25, 0.3) is 0 Å². The molecule has 0 unspecified atom stereocenters. The maximum absolute atomic E-state index is 11.7. The van der Waals surface area contributed by atoms with Crippen LogP contribution in [0.5, 0.6) is 0 Å². The highest BCUT2D eigenvalue weighted by Gasteiger charge is 2.14. The molecule has 0 atom stereocenters. The van der Waals surface area contributed by atoms with Crippen LogP contribution in [0, 0.1) is 5.92 Å². The molecule has 0 spiro atoms. The van der Waals surface area contributed by atoms with Crippen molar-refractivity contribution in [3.05, 3.63) is 15.3 Å². The molecule has 0 radical (unpaired) electrons. The van der Waals surface area contributed by atoms with E-state index in [1.807, 2.05) is 13.8 Å². The van der Waals surface area contributed by atoms with Crippen molar-refractivity contribution >= 4 is 41.2 Å². The third-order valence-corrected chi connectivity index (χ3v) is 2.98. The molecule has 0 bridgehead atoms. The number of thiophene rings is 1. The molecule has 0 aromatic carbocycles. The van der Waals surface area contributed by atoms with E-state index in [0.717, 1.165) is 0 Å². The highest BCUT2D eigenvalue weighted by Crippen LogP contribution is 2.32. The van der Waals surface area contributed by atoms with Gasteiger partial charge in [0.15, 0.2) is 0 Å². The van der Waals surface area contributed by atoms with Crippen molar-refractivity contribution in [2.24, 2.45) is 10.9 Å². The van der Waals surface area contributed by atoms with Gasteiger partial charge in [-0.1, -0.05) is 25.4 Å². The fourth-order valence-electron chi connectivity index (χ4n) is 1.01. The van der Waals surface area contributed by atoms with Crippen molar-refractivity contribution in [1.82, 2.24) is 5.32 Å². The summed E-state index contributed by atoms with van der Waals surface area (Å²) in [6, 6.07) is 1.64. The number of hydrogen-bond acceptors (Lipinski definition) is 3. The lowest BCUT2D eigenvalue weighted by atomic mass is 10.2. The van der Waals surface area contributed by atoms with Gasteiger partial charge in [0.05, 0.1) is 10.0 Å². The molecular weight excluding hydrogens is 232 g/mol. The summed E-state index contributed by atoms with van der Waals surface area (Å²) in [5.74, 6) is 0.285. The zero-order valence-corrected chi connectivity index (χ0v) is 10.3. The highest BCUT2D eigenvalue weighted by atomic mass is 35.5. The highest BCUT2D eigenvalue weighted by molar-refractivity contribution is 7.18. The second-order valence-electron chi connectivity index (χ2n) is 3.53. The van der Waals surface area contributed by atoms with E-state index in [0.29, 0.717) is 27.4 Å². The molecule has 1 amide bonds. The number of carbonyl (C=O) groups excluding carboxylic acids is 1.